The van der Waals surface area contributed by atoms with Gasteiger partial charge in [-0.3, -0.25) is 4.79 Å². The molecule has 0 spiro atoms. The predicted octanol–water partition coefficient (Wildman–Crippen LogP) is 1.92. The summed E-state index contributed by atoms with van der Waals surface area (Å²) < 4.78 is 18.0. The quantitative estimate of drug-likeness (QED) is 0.821. The third-order valence-electron chi connectivity index (χ3n) is 3.09. The number of halogens is 1. The summed E-state index contributed by atoms with van der Waals surface area (Å²) in [5, 5.41) is 12.1. The number of aliphatic hydroxyl groups is 1. The number of hydrogen-bond donors (Lipinski definition) is 2. The first-order chi connectivity index (χ1) is 10.7. The van der Waals surface area contributed by atoms with Gasteiger partial charge in [0.05, 0.1) is 12.6 Å². The summed E-state index contributed by atoms with van der Waals surface area (Å²) >= 11 is 0. The number of hydrogen-bond acceptors (Lipinski definition) is 3. The van der Waals surface area contributed by atoms with Crippen LogP contribution in [0.25, 0.3) is 0 Å². The van der Waals surface area contributed by atoms with Gasteiger partial charge in [-0.05, 0) is 36.2 Å². The second-order valence-electron chi connectivity index (χ2n) is 4.88. The molecule has 0 fully saturated rings. The molecule has 0 saturated heterocycles. The van der Waals surface area contributed by atoms with E-state index in [-0.39, 0.29) is 31.0 Å². The molecule has 2 rings (SSSR count). The molecule has 4 nitrogen and oxygen atoms in total. The van der Waals surface area contributed by atoms with Gasteiger partial charge in [-0.25, -0.2) is 4.39 Å². The van der Waals surface area contributed by atoms with Crippen molar-refractivity contribution in [2.75, 3.05) is 13.2 Å². The second-order valence-corrected chi connectivity index (χ2v) is 4.88. The minimum Gasteiger partial charge on any atom is -0.484 e. The van der Waals surface area contributed by atoms with Crippen LogP contribution >= 0.6 is 0 Å². The molecular formula is C17H18FNO3. The van der Waals surface area contributed by atoms with Crippen molar-refractivity contribution in [3.63, 3.8) is 0 Å². The van der Waals surface area contributed by atoms with E-state index in [1.807, 2.05) is 30.3 Å². The van der Waals surface area contributed by atoms with Gasteiger partial charge in [-0.2, -0.15) is 0 Å². The molecule has 2 N–H and O–H groups in total. The first-order valence-corrected chi connectivity index (χ1v) is 7.00. The van der Waals surface area contributed by atoms with Crippen LogP contribution in [0.5, 0.6) is 5.75 Å². The summed E-state index contributed by atoms with van der Waals surface area (Å²) in [7, 11) is 0. The Bertz CT molecular complexity index is 587. The van der Waals surface area contributed by atoms with Gasteiger partial charge < -0.3 is 15.2 Å². The van der Waals surface area contributed by atoms with Crippen molar-refractivity contribution in [3.8, 4) is 5.75 Å². The highest BCUT2D eigenvalue weighted by molar-refractivity contribution is 5.77. The molecule has 0 radical (unpaired) electrons. The number of aliphatic hydroxyl groups excluding tert-OH is 1. The fourth-order valence-corrected chi connectivity index (χ4v) is 2.01. The van der Waals surface area contributed by atoms with E-state index in [1.165, 1.54) is 24.3 Å². The minimum atomic E-state index is -0.369. The second kappa shape index (κ2) is 8.14. The summed E-state index contributed by atoms with van der Waals surface area (Å²) in [6.45, 7) is -0.339. The molecule has 2 aromatic rings. The number of benzene rings is 2. The Morgan fingerprint density at radius 3 is 2.45 bits per heavy atom. The van der Waals surface area contributed by atoms with Crippen molar-refractivity contribution in [3.05, 3.63) is 66.0 Å². The Balaban J connectivity index is 1.80. The fraction of sp³-hybridized carbons (Fsp3) is 0.235. The van der Waals surface area contributed by atoms with Crippen molar-refractivity contribution in [1.82, 2.24) is 5.32 Å². The van der Waals surface area contributed by atoms with Crippen LogP contribution in [0.3, 0.4) is 0 Å². The Kier molecular flexibility index (Phi) is 5.91. The maximum atomic E-state index is 12.7. The first-order valence-electron chi connectivity index (χ1n) is 7.00. The van der Waals surface area contributed by atoms with E-state index in [9.17, 15) is 14.3 Å². The van der Waals surface area contributed by atoms with Crippen LogP contribution in [-0.2, 0) is 11.2 Å². The van der Waals surface area contributed by atoms with Crippen LogP contribution in [-0.4, -0.2) is 30.3 Å². The van der Waals surface area contributed by atoms with Crippen LogP contribution in [0.1, 0.15) is 5.56 Å². The molecule has 116 valence electrons. The van der Waals surface area contributed by atoms with Gasteiger partial charge in [-0.1, -0.05) is 30.3 Å². The predicted molar refractivity (Wildman–Crippen MR) is 81.1 cm³/mol. The normalized spacial score (nSPS) is 11.7. The number of nitrogens with one attached hydrogen (secondary N) is 1. The number of rotatable bonds is 7. The topological polar surface area (TPSA) is 58.6 Å². The van der Waals surface area contributed by atoms with Crippen LogP contribution < -0.4 is 10.1 Å². The monoisotopic (exact) mass is 303 g/mol. The van der Waals surface area contributed by atoms with Crippen molar-refractivity contribution in [1.29, 1.82) is 0 Å². The lowest BCUT2D eigenvalue weighted by Crippen LogP contribution is -2.41. The third kappa shape index (κ3) is 5.18. The molecule has 22 heavy (non-hydrogen) atoms. The molecule has 0 aliphatic rings. The highest BCUT2D eigenvalue weighted by Crippen LogP contribution is 2.10. The van der Waals surface area contributed by atoms with Crippen molar-refractivity contribution in [2.45, 2.75) is 12.5 Å². The van der Waals surface area contributed by atoms with Gasteiger partial charge in [-0.15, -0.1) is 0 Å². The first kappa shape index (κ1) is 16.0. The van der Waals surface area contributed by atoms with Gasteiger partial charge in [0.1, 0.15) is 11.6 Å². The van der Waals surface area contributed by atoms with Gasteiger partial charge in [0, 0.05) is 0 Å². The lowest BCUT2D eigenvalue weighted by atomic mass is 10.1. The Morgan fingerprint density at radius 2 is 1.82 bits per heavy atom. The highest BCUT2D eigenvalue weighted by Gasteiger charge is 2.12. The molecule has 1 atom stereocenters. The maximum absolute atomic E-state index is 12.7. The molecular weight excluding hydrogens is 285 g/mol. The third-order valence-corrected chi connectivity index (χ3v) is 3.09. The number of carbonyl (C=O) groups excluding carboxylic acids is 1. The van der Waals surface area contributed by atoms with Gasteiger partial charge in [0.2, 0.25) is 0 Å². The van der Waals surface area contributed by atoms with Crippen molar-refractivity contribution >= 4 is 5.91 Å². The molecule has 2 aromatic carbocycles. The molecule has 5 heteroatoms. The van der Waals surface area contributed by atoms with Gasteiger partial charge in [0.15, 0.2) is 6.61 Å². The average Bonchev–Trinajstić information content (AvgIpc) is 2.54. The number of ether oxygens (including phenoxy) is 1. The lowest BCUT2D eigenvalue weighted by Gasteiger charge is -2.16. The fourth-order valence-electron chi connectivity index (χ4n) is 2.01. The van der Waals surface area contributed by atoms with E-state index in [0.717, 1.165) is 5.56 Å². The van der Waals surface area contributed by atoms with Crippen LogP contribution in [0.2, 0.25) is 0 Å². The van der Waals surface area contributed by atoms with E-state index in [4.69, 9.17) is 4.74 Å². The minimum absolute atomic E-state index is 0.156. The summed E-state index contributed by atoms with van der Waals surface area (Å²) in [6, 6.07) is 14.7. The van der Waals surface area contributed by atoms with E-state index >= 15 is 0 Å². The van der Waals surface area contributed by atoms with E-state index < -0.39 is 0 Å². The molecule has 0 bridgehead atoms. The van der Waals surface area contributed by atoms with Gasteiger partial charge in [0.25, 0.3) is 5.91 Å². The summed E-state index contributed by atoms with van der Waals surface area (Å²) in [5.41, 5.74) is 1.03. The summed E-state index contributed by atoms with van der Waals surface area (Å²) in [6.07, 6.45) is 0.541. The average molecular weight is 303 g/mol. The number of carbonyl (C=O) groups is 1. The largest absolute Gasteiger partial charge is 0.484 e. The zero-order chi connectivity index (χ0) is 15.8. The molecule has 0 aliphatic carbocycles. The molecule has 0 aromatic heterocycles. The molecule has 1 amide bonds. The zero-order valence-electron chi connectivity index (χ0n) is 12.0. The van der Waals surface area contributed by atoms with Gasteiger partial charge >= 0.3 is 0 Å². The maximum Gasteiger partial charge on any atom is 0.258 e. The SMILES string of the molecule is O=C(COc1ccc(F)cc1)NC(CO)Cc1ccccc1. The number of amides is 1. The summed E-state index contributed by atoms with van der Waals surface area (Å²) in [5.74, 6) is -0.278. The zero-order valence-corrected chi connectivity index (χ0v) is 12.0. The summed E-state index contributed by atoms with van der Waals surface area (Å²) in [4.78, 5) is 11.8. The molecule has 0 aliphatic heterocycles. The molecule has 1 unspecified atom stereocenters. The lowest BCUT2D eigenvalue weighted by molar-refractivity contribution is -0.124. The Morgan fingerprint density at radius 1 is 1.14 bits per heavy atom. The van der Waals surface area contributed by atoms with Crippen molar-refractivity contribution in [2.24, 2.45) is 0 Å². The van der Waals surface area contributed by atoms with E-state index in [1.54, 1.807) is 0 Å². The van der Waals surface area contributed by atoms with Crippen LogP contribution in [0.15, 0.2) is 54.6 Å². The molecule has 0 saturated carbocycles. The molecule has 0 heterocycles. The van der Waals surface area contributed by atoms with Crippen LogP contribution in [0.4, 0.5) is 4.39 Å². The van der Waals surface area contributed by atoms with E-state index in [0.29, 0.717) is 12.2 Å². The smallest absolute Gasteiger partial charge is 0.258 e. The van der Waals surface area contributed by atoms with Crippen LogP contribution in [0, 0.1) is 5.82 Å². The highest BCUT2D eigenvalue weighted by atomic mass is 19.1. The van der Waals surface area contributed by atoms with E-state index in [2.05, 4.69) is 5.32 Å². The Hall–Kier alpha value is -2.40. The Labute approximate surface area is 128 Å². The van der Waals surface area contributed by atoms with Crippen molar-refractivity contribution < 1.29 is 19.0 Å². The standard InChI is InChI=1S/C17H18FNO3/c18-14-6-8-16(9-7-14)22-12-17(21)19-15(11-20)10-13-4-2-1-3-5-13/h1-9,15,20H,10-12H2,(H,19,21).